The van der Waals surface area contributed by atoms with Crippen molar-refractivity contribution in [2.75, 3.05) is 6.54 Å². The largest absolute Gasteiger partial charge is 0.314 e. The zero-order chi connectivity index (χ0) is 8.23. The van der Waals surface area contributed by atoms with E-state index in [2.05, 4.69) is 22.4 Å². The first-order valence-electron chi connectivity index (χ1n) is 4.58. The molecule has 2 rings (SSSR count). The molecule has 1 atom stereocenters. The third-order valence-electron chi connectivity index (χ3n) is 2.34. The van der Waals surface area contributed by atoms with Gasteiger partial charge in [0.25, 0.3) is 0 Å². The maximum Gasteiger partial charge on any atom is 0.0419 e. The quantitative estimate of drug-likeness (QED) is 0.710. The molecule has 0 saturated carbocycles. The van der Waals surface area contributed by atoms with Gasteiger partial charge in [-0.25, -0.2) is 0 Å². The second-order valence-corrected chi connectivity index (χ2v) is 3.32. The second kappa shape index (κ2) is 3.68. The Morgan fingerprint density at radius 1 is 1.50 bits per heavy atom. The van der Waals surface area contributed by atoms with Crippen molar-refractivity contribution in [3.05, 3.63) is 30.1 Å². The van der Waals surface area contributed by atoms with Crippen molar-refractivity contribution in [2.24, 2.45) is 0 Å². The topological polar surface area (TPSA) is 24.9 Å². The molecular formula is C10H14N2. The monoisotopic (exact) mass is 162 g/mol. The summed E-state index contributed by atoms with van der Waals surface area (Å²) in [5.74, 6) is 0. The molecule has 12 heavy (non-hydrogen) atoms. The van der Waals surface area contributed by atoms with Crippen LogP contribution in [-0.2, 0) is 6.42 Å². The molecule has 0 spiro atoms. The molecule has 1 saturated heterocycles. The van der Waals surface area contributed by atoms with E-state index in [1.54, 1.807) is 0 Å². The number of rotatable bonds is 2. The van der Waals surface area contributed by atoms with Gasteiger partial charge in [-0.1, -0.05) is 6.07 Å². The van der Waals surface area contributed by atoms with Crippen LogP contribution >= 0.6 is 0 Å². The Morgan fingerprint density at radius 2 is 2.50 bits per heavy atom. The highest BCUT2D eigenvalue weighted by Gasteiger charge is 2.14. The molecule has 0 unspecified atom stereocenters. The molecule has 1 aliphatic heterocycles. The number of hydrogen-bond acceptors (Lipinski definition) is 2. The zero-order valence-electron chi connectivity index (χ0n) is 7.16. The zero-order valence-corrected chi connectivity index (χ0v) is 7.16. The van der Waals surface area contributed by atoms with Gasteiger partial charge in [-0.3, -0.25) is 4.98 Å². The fraction of sp³-hybridized carbons (Fsp3) is 0.500. The normalized spacial score (nSPS) is 22.8. The molecule has 0 bridgehead atoms. The van der Waals surface area contributed by atoms with Crippen molar-refractivity contribution in [1.29, 1.82) is 0 Å². The van der Waals surface area contributed by atoms with E-state index in [-0.39, 0.29) is 0 Å². The highest BCUT2D eigenvalue weighted by molar-refractivity contribution is 5.05. The minimum Gasteiger partial charge on any atom is -0.314 e. The average molecular weight is 162 g/mol. The van der Waals surface area contributed by atoms with E-state index in [9.17, 15) is 0 Å². The third kappa shape index (κ3) is 1.83. The predicted octanol–water partition coefficient (Wildman–Crippen LogP) is 1.38. The molecule has 2 heteroatoms. The van der Waals surface area contributed by atoms with E-state index < -0.39 is 0 Å². The van der Waals surface area contributed by atoms with Crippen LogP contribution < -0.4 is 5.32 Å². The van der Waals surface area contributed by atoms with Gasteiger partial charge in [-0.2, -0.15) is 0 Å². The minimum absolute atomic E-state index is 0.667. The lowest BCUT2D eigenvalue weighted by molar-refractivity contribution is 0.595. The molecule has 64 valence electrons. The van der Waals surface area contributed by atoms with Crippen LogP contribution in [0.2, 0.25) is 0 Å². The molecule has 1 aromatic heterocycles. The van der Waals surface area contributed by atoms with E-state index in [1.165, 1.54) is 25.1 Å². The van der Waals surface area contributed by atoms with Crippen molar-refractivity contribution in [3.8, 4) is 0 Å². The first-order chi connectivity index (χ1) is 5.95. The smallest absolute Gasteiger partial charge is 0.0419 e. The summed E-state index contributed by atoms with van der Waals surface area (Å²) < 4.78 is 0. The molecule has 1 N–H and O–H groups in total. The predicted molar refractivity (Wildman–Crippen MR) is 49.0 cm³/mol. The molecule has 1 fully saturated rings. The number of aromatic nitrogens is 1. The Hall–Kier alpha value is -0.890. The standard InChI is InChI=1S/C10H14N2/c1-2-6-11-9(4-1)8-10-5-3-7-12-10/h1-2,4,6,10,12H,3,5,7-8H2/t10-/m1/s1. The van der Waals surface area contributed by atoms with Gasteiger partial charge in [0.2, 0.25) is 0 Å². The van der Waals surface area contributed by atoms with Crippen molar-refractivity contribution >= 4 is 0 Å². The van der Waals surface area contributed by atoms with E-state index in [4.69, 9.17) is 0 Å². The van der Waals surface area contributed by atoms with Crippen molar-refractivity contribution in [1.82, 2.24) is 10.3 Å². The van der Waals surface area contributed by atoms with Gasteiger partial charge in [0.15, 0.2) is 0 Å². The number of nitrogens with one attached hydrogen (secondary N) is 1. The highest BCUT2D eigenvalue weighted by Crippen LogP contribution is 2.09. The lowest BCUT2D eigenvalue weighted by atomic mass is 10.1. The lowest BCUT2D eigenvalue weighted by Crippen LogP contribution is -2.23. The van der Waals surface area contributed by atoms with Gasteiger partial charge >= 0.3 is 0 Å². The summed E-state index contributed by atoms with van der Waals surface area (Å²) in [4.78, 5) is 4.30. The Bertz CT molecular complexity index is 227. The molecule has 1 aliphatic rings. The highest BCUT2D eigenvalue weighted by atomic mass is 14.9. The van der Waals surface area contributed by atoms with Gasteiger partial charge in [0, 0.05) is 24.4 Å². The van der Waals surface area contributed by atoms with Gasteiger partial charge in [0.05, 0.1) is 0 Å². The van der Waals surface area contributed by atoms with Gasteiger partial charge in [-0.05, 0) is 31.5 Å². The second-order valence-electron chi connectivity index (χ2n) is 3.32. The summed E-state index contributed by atoms with van der Waals surface area (Å²) >= 11 is 0. The Balaban J connectivity index is 1.94. The molecule has 0 radical (unpaired) electrons. The maximum absolute atomic E-state index is 4.30. The summed E-state index contributed by atoms with van der Waals surface area (Å²) in [5, 5.41) is 3.47. The van der Waals surface area contributed by atoms with Crippen LogP contribution in [0.25, 0.3) is 0 Å². The molecule has 0 aromatic carbocycles. The SMILES string of the molecule is c1ccc(C[C@H]2CCCN2)nc1. The van der Waals surface area contributed by atoms with Crippen LogP contribution in [0.1, 0.15) is 18.5 Å². The average Bonchev–Trinajstić information content (AvgIpc) is 2.59. The lowest BCUT2D eigenvalue weighted by Gasteiger charge is -2.08. The number of nitrogens with zero attached hydrogens (tertiary/aromatic N) is 1. The number of pyridine rings is 1. The van der Waals surface area contributed by atoms with Crippen molar-refractivity contribution in [2.45, 2.75) is 25.3 Å². The summed E-state index contributed by atoms with van der Waals surface area (Å²) in [7, 11) is 0. The first-order valence-corrected chi connectivity index (χ1v) is 4.58. The fourth-order valence-corrected chi connectivity index (χ4v) is 1.70. The van der Waals surface area contributed by atoms with Gasteiger partial charge in [0.1, 0.15) is 0 Å². The molecule has 0 aliphatic carbocycles. The Kier molecular flexibility index (Phi) is 2.37. The molecule has 0 amide bonds. The van der Waals surface area contributed by atoms with Gasteiger partial charge in [-0.15, -0.1) is 0 Å². The van der Waals surface area contributed by atoms with E-state index in [0.717, 1.165) is 6.42 Å². The van der Waals surface area contributed by atoms with Crippen LogP contribution in [0.15, 0.2) is 24.4 Å². The summed E-state index contributed by atoms with van der Waals surface area (Å²) in [5.41, 5.74) is 1.21. The van der Waals surface area contributed by atoms with Crippen molar-refractivity contribution in [3.63, 3.8) is 0 Å². The fourth-order valence-electron chi connectivity index (χ4n) is 1.70. The van der Waals surface area contributed by atoms with Crippen molar-refractivity contribution < 1.29 is 0 Å². The van der Waals surface area contributed by atoms with Crippen LogP contribution in [0, 0.1) is 0 Å². The summed E-state index contributed by atoms with van der Waals surface area (Å²) in [6.45, 7) is 1.18. The molecule has 2 heterocycles. The third-order valence-corrected chi connectivity index (χ3v) is 2.34. The number of hydrogen-bond donors (Lipinski definition) is 1. The Labute approximate surface area is 73.0 Å². The minimum atomic E-state index is 0.667. The van der Waals surface area contributed by atoms with Crippen LogP contribution in [0.3, 0.4) is 0 Å². The van der Waals surface area contributed by atoms with E-state index in [0.29, 0.717) is 6.04 Å². The van der Waals surface area contributed by atoms with E-state index in [1.807, 2.05) is 12.3 Å². The Morgan fingerprint density at radius 3 is 3.17 bits per heavy atom. The molecule has 1 aromatic rings. The summed E-state index contributed by atoms with van der Waals surface area (Å²) in [6.07, 6.45) is 5.57. The van der Waals surface area contributed by atoms with Crippen LogP contribution in [0.4, 0.5) is 0 Å². The van der Waals surface area contributed by atoms with Crippen LogP contribution in [0.5, 0.6) is 0 Å². The summed E-state index contributed by atoms with van der Waals surface area (Å²) in [6, 6.07) is 6.78. The van der Waals surface area contributed by atoms with E-state index >= 15 is 0 Å². The first kappa shape index (κ1) is 7.74. The molecular weight excluding hydrogens is 148 g/mol. The van der Waals surface area contributed by atoms with Crippen LogP contribution in [-0.4, -0.2) is 17.6 Å². The molecule has 2 nitrogen and oxygen atoms in total. The van der Waals surface area contributed by atoms with Gasteiger partial charge < -0.3 is 5.32 Å². The maximum atomic E-state index is 4.30.